The Labute approximate surface area is 76.1 Å². The SMILES string of the molecule is CC(=O)NC(=O)CN1CCCC1=O. The van der Waals surface area contributed by atoms with Crippen LogP contribution in [0.5, 0.6) is 0 Å². The van der Waals surface area contributed by atoms with Gasteiger partial charge in [-0.3, -0.25) is 19.7 Å². The molecule has 5 nitrogen and oxygen atoms in total. The van der Waals surface area contributed by atoms with Gasteiger partial charge < -0.3 is 4.90 Å². The van der Waals surface area contributed by atoms with Crippen molar-refractivity contribution in [3.8, 4) is 0 Å². The quantitative estimate of drug-likeness (QED) is 0.615. The highest BCUT2D eigenvalue weighted by atomic mass is 16.2. The number of carbonyl (C=O) groups is 3. The summed E-state index contributed by atoms with van der Waals surface area (Å²) in [6, 6.07) is 0. The Morgan fingerprint density at radius 2 is 2.23 bits per heavy atom. The van der Waals surface area contributed by atoms with Gasteiger partial charge in [0.2, 0.25) is 17.7 Å². The standard InChI is InChI=1S/C8H12N2O3/c1-6(11)9-7(12)5-10-4-2-3-8(10)13/h2-5H2,1H3,(H,9,11,12). The van der Waals surface area contributed by atoms with Crippen LogP contribution in [0.1, 0.15) is 19.8 Å². The molecular formula is C8H12N2O3. The fraction of sp³-hybridized carbons (Fsp3) is 0.625. The van der Waals surface area contributed by atoms with Crippen LogP contribution in [-0.2, 0) is 14.4 Å². The minimum absolute atomic E-state index is 0.00157. The van der Waals surface area contributed by atoms with E-state index < -0.39 is 11.8 Å². The molecule has 1 aliphatic heterocycles. The van der Waals surface area contributed by atoms with Crippen LogP contribution in [0.2, 0.25) is 0 Å². The van der Waals surface area contributed by atoms with Crippen LogP contribution in [-0.4, -0.2) is 35.7 Å². The fourth-order valence-corrected chi connectivity index (χ4v) is 1.28. The van der Waals surface area contributed by atoms with Gasteiger partial charge in [0.15, 0.2) is 0 Å². The van der Waals surface area contributed by atoms with Gasteiger partial charge in [0.1, 0.15) is 0 Å². The van der Waals surface area contributed by atoms with Gasteiger partial charge in [-0.2, -0.15) is 0 Å². The first-order chi connectivity index (χ1) is 6.09. The van der Waals surface area contributed by atoms with Crippen LogP contribution in [0.25, 0.3) is 0 Å². The number of hydrogen-bond donors (Lipinski definition) is 1. The largest absolute Gasteiger partial charge is 0.333 e. The molecule has 0 spiro atoms. The van der Waals surface area contributed by atoms with Gasteiger partial charge in [-0.05, 0) is 6.42 Å². The third-order valence-corrected chi connectivity index (χ3v) is 1.82. The van der Waals surface area contributed by atoms with Gasteiger partial charge in [0.05, 0.1) is 6.54 Å². The van der Waals surface area contributed by atoms with Gasteiger partial charge in [-0.15, -0.1) is 0 Å². The van der Waals surface area contributed by atoms with Crippen molar-refractivity contribution < 1.29 is 14.4 Å². The molecular weight excluding hydrogens is 172 g/mol. The summed E-state index contributed by atoms with van der Waals surface area (Å²) in [4.78, 5) is 34.0. The van der Waals surface area contributed by atoms with Gasteiger partial charge >= 0.3 is 0 Å². The van der Waals surface area contributed by atoms with Gasteiger partial charge in [0, 0.05) is 19.9 Å². The predicted octanol–water partition coefficient (Wildman–Crippen LogP) is -0.729. The van der Waals surface area contributed by atoms with Crippen molar-refractivity contribution in [1.82, 2.24) is 10.2 Å². The summed E-state index contributed by atoms with van der Waals surface area (Å²) in [6.45, 7) is 1.88. The first-order valence-electron chi connectivity index (χ1n) is 4.18. The maximum Gasteiger partial charge on any atom is 0.246 e. The second kappa shape index (κ2) is 4.02. The average Bonchev–Trinajstić information content (AvgIpc) is 2.34. The predicted molar refractivity (Wildman–Crippen MR) is 44.6 cm³/mol. The summed E-state index contributed by atoms with van der Waals surface area (Å²) in [7, 11) is 0. The Kier molecular flexibility index (Phi) is 3.00. The topological polar surface area (TPSA) is 66.5 Å². The normalized spacial score (nSPS) is 16.1. The second-order valence-electron chi connectivity index (χ2n) is 3.02. The van der Waals surface area contributed by atoms with E-state index >= 15 is 0 Å². The molecule has 0 aromatic heterocycles. The van der Waals surface area contributed by atoms with Crippen LogP contribution in [0.15, 0.2) is 0 Å². The summed E-state index contributed by atoms with van der Waals surface area (Å²) >= 11 is 0. The van der Waals surface area contributed by atoms with Crippen molar-refractivity contribution >= 4 is 17.7 Å². The Balaban J connectivity index is 2.35. The van der Waals surface area contributed by atoms with E-state index in [9.17, 15) is 14.4 Å². The zero-order chi connectivity index (χ0) is 9.84. The smallest absolute Gasteiger partial charge is 0.246 e. The maximum absolute atomic E-state index is 11.1. The minimum Gasteiger partial charge on any atom is -0.333 e. The van der Waals surface area contributed by atoms with Crippen molar-refractivity contribution in [1.29, 1.82) is 0 Å². The highest BCUT2D eigenvalue weighted by Crippen LogP contribution is 2.08. The van der Waals surface area contributed by atoms with Gasteiger partial charge in [0.25, 0.3) is 0 Å². The van der Waals surface area contributed by atoms with E-state index in [1.54, 1.807) is 0 Å². The molecule has 3 amide bonds. The molecule has 0 radical (unpaired) electrons. The zero-order valence-electron chi connectivity index (χ0n) is 7.50. The summed E-state index contributed by atoms with van der Waals surface area (Å²) in [6.07, 6.45) is 1.31. The molecule has 0 aliphatic carbocycles. The van der Waals surface area contributed by atoms with E-state index in [0.29, 0.717) is 13.0 Å². The van der Waals surface area contributed by atoms with E-state index in [4.69, 9.17) is 0 Å². The number of amides is 3. The Hall–Kier alpha value is -1.39. The van der Waals surface area contributed by atoms with Crippen molar-refractivity contribution in [3.05, 3.63) is 0 Å². The number of rotatable bonds is 2. The summed E-state index contributed by atoms with van der Waals surface area (Å²) in [5.74, 6) is -0.821. The third kappa shape index (κ3) is 2.85. The van der Waals surface area contributed by atoms with E-state index in [2.05, 4.69) is 5.32 Å². The first-order valence-corrected chi connectivity index (χ1v) is 4.18. The lowest BCUT2D eigenvalue weighted by Gasteiger charge is -2.13. The summed E-state index contributed by atoms with van der Waals surface area (Å²) in [5.41, 5.74) is 0. The molecule has 0 unspecified atom stereocenters. The number of nitrogens with zero attached hydrogens (tertiary/aromatic N) is 1. The molecule has 0 atom stereocenters. The Morgan fingerprint density at radius 3 is 2.69 bits per heavy atom. The lowest BCUT2D eigenvalue weighted by atomic mass is 10.4. The number of imide groups is 1. The van der Waals surface area contributed by atoms with Gasteiger partial charge in [-0.1, -0.05) is 0 Å². The minimum atomic E-state index is -0.414. The molecule has 0 saturated carbocycles. The molecule has 72 valence electrons. The van der Waals surface area contributed by atoms with E-state index in [-0.39, 0.29) is 12.5 Å². The van der Waals surface area contributed by atoms with E-state index in [1.807, 2.05) is 0 Å². The van der Waals surface area contributed by atoms with Crippen LogP contribution < -0.4 is 5.32 Å². The molecule has 0 bridgehead atoms. The molecule has 1 N–H and O–H groups in total. The number of hydrogen-bond acceptors (Lipinski definition) is 3. The summed E-state index contributed by atoms with van der Waals surface area (Å²) < 4.78 is 0. The molecule has 1 fully saturated rings. The Bertz CT molecular complexity index is 250. The monoisotopic (exact) mass is 184 g/mol. The van der Waals surface area contributed by atoms with Crippen molar-refractivity contribution in [2.24, 2.45) is 0 Å². The molecule has 1 saturated heterocycles. The first kappa shape index (κ1) is 9.70. The molecule has 0 aromatic rings. The van der Waals surface area contributed by atoms with Crippen LogP contribution >= 0.6 is 0 Å². The van der Waals surface area contributed by atoms with Crippen molar-refractivity contribution in [3.63, 3.8) is 0 Å². The van der Waals surface area contributed by atoms with Crippen LogP contribution in [0.4, 0.5) is 0 Å². The Morgan fingerprint density at radius 1 is 1.54 bits per heavy atom. The zero-order valence-corrected chi connectivity index (χ0v) is 7.50. The van der Waals surface area contributed by atoms with E-state index in [1.165, 1.54) is 11.8 Å². The molecule has 5 heteroatoms. The highest BCUT2D eigenvalue weighted by molar-refractivity contribution is 5.96. The number of likely N-dealkylation sites (tertiary alicyclic amines) is 1. The molecule has 0 aromatic carbocycles. The van der Waals surface area contributed by atoms with Crippen LogP contribution in [0, 0.1) is 0 Å². The molecule has 13 heavy (non-hydrogen) atoms. The van der Waals surface area contributed by atoms with Crippen LogP contribution in [0.3, 0.4) is 0 Å². The van der Waals surface area contributed by atoms with Crippen molar-refractivity contribution in [2.75, 3.05) is 13.1 Å². The summed E-state index contributed by atoms with van der Waals surface area (Å²) in [5, 5.41) is 2.12. The van der Waals surface area contributed by atoms with E-state index in [0.717, 1.165) is 6.42 Å². The molecule has 1 rings (SSSR count). The number of carbonyl (C=O) groups excluding carboxylic acids is 3. The lowest BCUT2D eigenvalue weighted by Crippen LogP contribution is -2.39. The fourth-order valence-electron chi connectivity index (χ4n) is 1.28. The average molecular weight is 184 g/mol. The number of nitrogens with one attached hydrogen (secondary N) is 1. The molecule has 1 aliphatic rings. The lowest BCUT2D eigenvalue weighted by molar-refractivity contribution is -0.135. The van der Waals surface area contributed by atoms with Gasteiger partial charge in [-0.25, -0.2) is 0 Å². The molecule has 1 heterocycles. The third-order valence-electron chi connectivity index (χ3n) is 1.82. The second-order valence-corrected chi connectivity index (χ2v) is 3.02. The van der Waals surface area contributed by atoms with Crippen molar-refractivity contribution in [2.45, 2.75) is 19.8 Å². The highest BCUT2D eigenvalue weighted by Gasteiger charge is 2.22. The maximum atomic E-state index is 11.1.